The van der Waals surface area contributed by atoms with Crippen LogP contribution in [0.2, 0.25) is 0 Å². The Morgan fingerprint density at radius 3 is 2.14 bits per heavy atom. The van der Waals surface area contributed by atoms with Gasteiger partial charge in [-0.05, 0) is 45.7 Å². The Morgan fingerprint density at radius 1 is 0.889 bits per heavy atom. The molecule has 188 valence electrons. The third-order valence-corrected chi connectivity index (χ3v) is 5.99. The van der Waals surface area contributed by atoms with Crippen LogP contribution < -0.4 is 0 Å². The molecule has 0 radical (unpaired) electrons. The number of aromatic nitrogens is 4. The smallest absolute Gasteiger partial charge is 0.383 e. The molecule has 0 aliphatic rings. The summed E-state index contributed by atoms with van der Waals surface area (Å²) in [6.45, 7) is 2.03. The highest BCUT2D eigenvalue weighted by Gasteiger charge is 2.32. The Hall–Kier alpha value is -3.56. The van der Waals surface area contributed by atoms with Gasteiger partial charge in [0.1, 0.15) is 0 Å². The van der Waals surface area contributed by atoms with E-state index in [4.69, 9.17) is 4.74 Å². The van der Waals surface area contributed by atoms with E-state index in [1.54, 1.807) is 11.8 Å². The van der Waals surface area contributed by atoms with E-state index in [1.165, 1.54) is 17.7 Å². The van der Waals surface area contributed by atoms with E-state index >= 15 is 0 Å². The second-order valence-electron chi connectivity index (χ2n) is 8.47. The van der Waals surface area contributed by atoms with E-state index in [0.29, 0.717) is 37.6 Å². The van der Waals surface area contributed by atoms with Crippen molar-refractivity contribution in [2.24, 2.45) is 0 Å². The number of nitrogens with zero attached hydrogens (tertiary/aromatic N) is 5. The Bertz CT molecular complexity index is 1200. The average Bonchev–Trinajstić information content (AvgIpc) is 3.35. The molecule has 0 bridgehead atoms. The molecular formula is C27H28F3N5O. The van der Waals surface area contributed by atoms with Crippen LogP contribution in [0, 0.1) is 0 Å². The SMILES string of the molecule is COCCn1nnnc1[C@H](c1ccc(C(F)(F)F)cc1)N(CCc1ccccc1)Cc1ccccc1. The standard InChI is InChI=1S/C27H28F3N5O/c1-36-19-18-35-26(31-32-33-35)25(23-12-14-24(15-13-23)27(28,29)30)34(20-22-10-6-3-7-11-22)17-16-21-8-4-2-5-9-21/h2-15,25H,16-20H2,1H3/t25-/m0/s1. The summed E-state index contributed by atoms with van der Waals surface area (Å²) < 4.78 is 46.7. The number of rotatable bonds is 11. The third-order valence-electron chi connectivity index (χ3n) is 5.99. The van der Waals surface area contributed by atoms with Gasteiger partial charge in [-0.1, -0.05) is 72.8 Å². The largest absolute Gasteiger partial charge is 0.416 e. The predicted octanol–water partition coefficient (Wildman–Crippen LogP) is 5.17. The van der Waals surface area contributed by atoms with Gasteiger partial charge in [0.05, 0.1) is 24.8 Å². The molecular weight excluding hydrogens is 467 g/mol. The highest BCUT2D eigenvalue weighted by atomic mass is 19.4. The Kier molecular flexibility index (Phi) is 8.45. The number of benzene rings is 3. The number of tetrazole rings is 1. The van der Waals surface area contributed by atoms with E-state index in [1.807, 2.05) is 48.5 Å². The van der Waals surface area contributed by atoms with Gasteiger partial charge >= 0.3 is 6.18 Å². The Balaban J connectivity index is 1.75. The predicted molar refractivity (Wildman–Crippen MR) is 130 cm³/mol. The van der Waals surface area contributed by atoms with Crippen LogP contribution >= 0.6 is 0 Å². The van der Waals surface area contributed by atoms with E-state index in [2.05, 4.69) is 32.6 Å². The van der Waals surface area contributed by atoms with Crippen molar-refractivity contribution in [2.45, 2.75) is 31.7 Å². The number of alkyl halides is 3. The highest BCUT2D eigenvalue weighted by molar-refractivity contribution is 5.31. The first-order valence-electron chi connectivity index (χ1n) is 11.7. The summed E-state index contributed by atoms with van der Waals surface area (Å²) in [5, 5.41) is 12.3. The minimum Gasteiger partial charge on any atom is -0.383 e. The van der Waals surface area contributed by atoms with E-state index < -0.39 is 17.8 Å². The lowest BCUT2D eigenvalue weighted by atomic mass is 10.0. The number of methoxy groups -OCH3 is 1. The fourth-order valence-corrected chi connectivity index (χ4v) is 4.16. The second-order valence-corrected chi connectivity index (χ2v) is 8.47. The van der Waals surface area contributed by atoms with Gasteiger partial charge in [0.2, 0.25) is 0 Å². The van der Waals surface area contributed by atoms with Crippen molar-refractivity contribution in [3.8, 4) is 0 Å². The topological polar surface area (TPSA) is 56.1 Å². The fraction of sp³-hybridized carbons (Fsp3) is 0.296. The molecule has 0 N–H and O–H groups in total. The van der Waals surface area contributed by atoms with Crippen LogP contribution in [0.25, 0.3) is 0 Å². The lowest BCUT2D eigenvalue weighted by Gasteiger charge is -2.32. The van der Waals surface area contributed by atoms with Crippen LogP contribution in [0.5, 0.6) is 0 Å². The van der Waals surface area contributed by atoms with Crippen molar-refractivity contribution in [2.75, 3.05) is 20.3 Å². The highest BCUT2D eigenvalue weighted by Crippen LogP contribution is 2.33. The van der Waals surface area contributed by atoms with Gasteiger partial charge in [0.15, 0.2) is 5.82 Å². The second kappa shape index (κ2) is 11.9. The zero-order valence-electron chi connectivity index (χ0n) is 20.0. The van der Waals surface area contributed by atoms with Gasteiger partial charge in [-0.25, -0.2) is 4.68 Å². The molecule has 9 heteroatoms. The van der Waals surface area contributed by atoms with Crippen molar-refractivity contribution in [3.63, 3.8) is 0 Å². The molecule has 1 atom stereocenters. The first-order chi connectivity index (χ1) is 17.5. The van der Waals surface area contributed by atoms with Gasteiger partial charge in [0.25, 0.3) is 0 Å². The average molecular weight is 496 g/mol. The maximum atomic E-state index is 13.3. The molecule has 3 aromatic carbocycles. The van der Waals surface area contributed by atoms with Gasteiger partial charge in [0, 0.05) is 20.2 Å². The summed E-state index contributed by atoms with van der Waals surface area (Å²) in [6.07, 6.45) is -3.66. The van der Waals surface area contributed by atoms with Crippen molar-refractivity contribution < 1.29 is 17.9 Å². The van der Waals surface area contributed by atoms with Crippen LogP contribution in [0.3, 0.4) is 0 Å². The van der Waals surface area contributed by atoms with Crippen molar-refractivity contribution >= 4 is 0 Å². The maximum absolute atomic E-state index is 13.3. The number of ether oxygens (including phenoxy) is 1. The van der Waals surface area contributed by atoms with Gasteiger partial charge in [-0.15, -0.1) is 5.10 Å². The molecule has 0 aliphatic carbocycles. The molecule has 0 unspecified atom stereocenters. The zero-order chi connectivity index (χ0) is 25.4. The molecule has 4 rings (SSSR count). The zero-order valence-corrected chi connectivity index (χ0v) is 20.0. The van der Waals surface area contributed by atoms with E-state index in [9.17, 15) is 13.2 Å². The molecule has 0 aliphatic heterocycles. The summed E-state index contributed by atoms with van der Waals surface area (Å²) in [6, 6.07) is 24.9. The minimum atomic E-state index is -4.41. The summed E-state index contributed by atoms with van der Waals surface area (Å²) in [4.78, 5) is 2.21. The first kappa shape index (κ1) is 25.5. The van der Waals surface area contributed by atoms with E-state index in [-0.39, 0.29) is 0 Å². The van der Waals surface area contributed by atoms with Crippen LogP contribution in [-0.2, 0) is 30.4 Å². The minimum absolute atomic E-state index is 0.403. The lowest BCUT2D eigenvalue weighted by molar-refractivity contribution is -0.137. The molecule has 6 nitrogen and oxygen atoms in total. The van der Waals surface area contributed by atoms with E-state index in [0.717, 1.165) is 24.1 Å². The van der Waals surface area contributed by atoms with Crippen LogP contribution in [-0.4, -0.2) is 45.4 Å². The molecule has 0 spiro atoms. The molecule has 1 heterocycles. The first-order valence-corrected chi connectivity index (χ1v) is 11.7. The van der Waals surface area contributed by atoms with Gasteiger partial charge in [-0.2, -0.15) is 13.2 Å². The molecule has 4 aromatic rings. The van der Waals surface area contributed by atoms with Crippen LogP contribution in [0.1, 0.15) is 34.1 Å². The van der Waals surface area contributed by atoms with Crippen molar-refractivity contribution in [3.05, 3.63) is 113 Å². The summed E-state index contributed by atoms with van der Waals surface area (Å²) in [7, 11) is 1.60. The normalized spacial score (nSPS) is 12.7. The number of halogens is 3. The molecule has 0 saturated heterocycles. The molecule has 36 heavy (non-hydrogen) atoms. The summed E-state index contributed by atoms with van der Waals surface area (Å²) in [5.41, 5.74) is 2.24. The number of hydrogen-bond donors (Lipinski definition) is 0. The van der Waals surface area contributed by atoms with Crippen LogP contribution in [0.4, 0.5) is 13.2 Å². The third kappa shape index (κ3) is 6.56. The summed E-state index contributed by atoms with van der Waals surface area (Å²) in [5.74, 6) is 0.552. The van der Waals surface area contributed by atoms with Gasteiger partial charge < -0.3 is 4.74 Å². The number of hydrogen-bond acceptors (Lipinski definition) is 5. The lowest BCUT2D eigenvalue weighted by Crippen LogP contribution is -2.33. The Labute approximate surface area is 208 Å². The molecule has 0 fully saturated rings. The quantitative estimate of drug-likeness (QED) is 0.287. The monoisotopic (exact) mass is 495 g/mol. The summed E-state index contributed by atoms with van der Waals surface area (Å²) >= 11 is 0. The van der Waals surface area contributed by atoms with Crippen LogP contribution in [0.15, 0.2) is 84.9 Å². The van der Waals surface area contributed by atoms with Crippen molar-refractivity contribution in [1.82, 2.24) is 25.1 Å². The van der Waals surface area contributed by atoms with Crippen molar-refractivity contribution in [1.29, 1.82) is 0 Å². The fourth-order valence-electron chi connectivity index (χ4n) is 4.16. The Morgan fingerprint density at radius 2 is 1.53 bits per heavy atom. The van der Waals surface area contributed by atoms with Gasteiger partial charge in [-0.3, -0.25) is 4.90 Å². The maximum Gasteiger partial charge on any atom is 0.416 e. The molecule has 0 amide bonds. The molecule has 1 aromatic heterocycles. The molecule has 0 saturated carbocycles.